The fourth-order valence-corrected chi connectivity index (χ4v) is 3.82. The normalized spacial score (nSPS) is 15.6. The van der Waals surface area contributed by atoms with Crippen LogP contribution in [0.15, 0.2) is 18.5 Å². The lowest BCUT2D eigenvalue weighted by molar-refractivity contribution is 0.0184. The van der Waals surface area contributed by atoms with E-state index in [2.05, 4.69) is 11.2 Å². The van der Waals surface area contributed by atoms with Gasteiger partial charge in [-0.15, -0.1) is 0 Å². The summed E-state index contributed by atoms with van der Waals surface area (Å²) in [5, 5.41) is 4.29. The molecule has 0 unspecified atom stereocenters. The molecule has 2 aromatic rings. The number of carbonyl (C=O) groups excluding carboxylic acids is 2. The Bertz CT molecular complexity index is 889. The number of aromatic nitrogens is 2. The molecule has 29 heavy (non-hydrogen) atoms. The molecular formula is C22H31N3O4. The fourth-order valence-electron chi connectivity index (χ4n) is 3.82. The lowest BCUT2D eigenvalue weighted by atomic mass is 9.88. The van der Waals surface area contributed by atoms with Gasteiger partial charge in [-0.3, -0.25) is 0 Å². The number of hydrogen-bond donors (Lipinski definition) is 0. The average Bonchev–Trinajstić information content (AvgIpc) is 3.08. The van der Waals surface area contributed by atoms with Crippen LogP contribution in [-0.4, -0.2) is 51.9 Å². The molecule has 0 bridgehead atoms. The molecule has 0 saturated carbocycles. The fraction of sp³-hybridized carbons (Fsp3) is 0.591. The number of hydrogen-bond acceptors (Lipinski definition) is 5. The predicted molar refractivity (Wildman–Crippen MR) is 110 cm³/mol. The Labute approximate surface area is 172 Å². The Morgan fingerprint density at radius 1 is 1.24 bits per heavy atom. The highest BCUT2D eigenvalue weighted by Gasteiger charge is 2.27. The zero-order chi connectivity index (χ0) is 21.2. The number of rotatable bonds is 4. The third kappa shape index (κ3) is 4.89. The van der Waals surface area contributed by atoms with Crippen molar-refractivity contribution in [1.82, 2.24) is 14.5 Å². The second-order valence-corrected chi connectivity index (χ2v) is 8.65. The summed E-state index contributed by atoms with van der Waals surface area (Å²) in [6.45, 7) is 11.2. The molecule has 0 radical (unpaired) electrons. The maximum absolute atomic E-state index is 12.3. The van der Waals surface area contributed by atoms with Gasteiger partial charge in [0.1, 0.15) is 11.2 Å². The SMILES string of the molecule is CCOC(=O)c1cnn2ccc(CC3CCN(C(=O)OC(C)(C)C)CC3)c(C)c12. The van der Waals surface area contributed by atoms with Crippen molar-refractivity contribution in [1.29, 1.82) is 0 Å². The van der Waals surface area contributed by atoms with E-state index in [1.54, 1.807) is 22.5 Å². The van der Waals surface area contributed by atoms with E-state index in [0.717, 1.165) is 30.3 Å². The maximum atomic E-state index is 12.3. The van der Waals surface area contributed by atoms with Gasteiger partial charge in [-0.05, 0) is 77.0 Å². The standard InChI is InChI=1S/C22H31N3O4/c1-6-28-20(26)18-14-23-25-12-9-17(15(2)19(18)25)13-16-7-10-24(11-8-16)21(27)29-22(3,4)5/h9,12,14,16H,6-8,10-11,13H2,1-5H3. The Morgan fingerprint density at radius 3 is 2.55 bits per heavy atom. The minimum Gasteiger partial charge on any atom is -0.462 e. The summed E-state index contributed by atoms with van der Waals surface area (Å²) in [5.41, 5.74) is 3.11. The zero-order valence-corrected chi connectivity index (χ0v) is 18.0. The van der Waals surface area contributed by atoms with Crippen molar-refractivity contribution in [2.75, 3.05) is 19.7 Å². The van der Waals surface area contributed by atoms with Crippen molar-refractivity contribution in [3.8, 4) is 0 Å². The van der Waals surface area contributed by atoms with Crippen LogP contribution in [0.4, 0.5) is 4.79 Å². The van der Waals surface area contributed by atoms with E-state index in [4.69, 9.17) is 9.47 Å². The minimum atomic E-state index is -0.470. The number of nitrogens with zero attached hydrogens (tertiary/aromatic N) is 3. The largest absolute Gasteiger partial charge is 0.462 e. The van der Waals surface area contributed by atoms with Crippen molar-refractivity contribution in [2.24, 2.45) is 5.92 Å². The van der Waals surface area contributed by atoms with E-state index in [-0.39, 0.29) is 12.1 Å². The molecule has 0 spiro atoms. The smallest absolute Gasteiger partial charge is 0.410 e. The van der Waals surface area contributed by atoms with Crippen molar-refractivity contribution in [2.45, 2.75) is 59.5 Å². The second-order valence-electron chi connectivity index (χ2n) is 8.65. The van der Waals surface area contributed by atoms with Gasteiger partial charge in [0.05, 0.1) is 18.3 Å². The van der Waals surface area contributed by atoms with Gasteiger partial charge in [0.25, 0.3) is 0 Å². The van der Waals surface area contributed by atoms with E-state index in [1.165, 1.54) is 5.56 Å². The third-order valence-corrected chi connectivity index (χ3v) is 5.32. The van der Waals surface area contributed by atoms with Crippen molar-refractivity contribution >= 4 is 17.6 Å². The summed E-state index contributed by atoms with van der Waals surface area (Å²) in [5.74, 6) is 0.150. The van der Waals surface area contributed by atoms with Crippen LogP contribution in [0.2, 0.25) is 0 Å². The first-order chi connectivity index (χ1) is 13.7. The highest BCUT2D eigenvalue weighted by Crippen LogP contribution is 2.27. The molecule has 1 amide bonds. The summed E-state index contributed by atoms with van der Waals surface area (Å²) in [6.07, 6.45) is 6.03. The third-order valence-electron chi connectivity index (χ3n) is 5.32. The highest BCUT2D eigenvalue weighted by atomic mass is 16.6. The molecule has 1 aliphatic rings. The van der Waals surface area contributed by atoms with Gasteiger partial charge < -0.3 is 14.4 Å². The monoisotopic (exact) mass is 401 g/mol. The van der Waals surface area contributed by atoms with Gasteiger partial charge in [0.2, 0.25) is 0 Å². The molecule has 0 N–H and O–H groups in total. The van der Waals surface area contributed by atoms with Gasteiger partial charge >= 0.3 is 12.1 Å². The predicted octanol–water partition coefficient (Wildman–Crippen LogP) is 4.01. The van der Waals surface area contributed by atoms with E-state index in [1.807, 2.05) is 33.9 Å². The summed E-state index contributed by atoms with van der Waals surface area (Å²) < 4.78 is 12.4. The van der Waals surface area contributed by atoms with Gasteiger partial charge in [-0.2, -0.15) is 5.10 Å². The number of likely N-dealkylation sites (tertiary alicyclic amines) is 1. The molecule has 0 atom stereocenters. The molecule has 0 aliphatic carbocycles. The molecule has 1 aliphatic heterocycles. The number of ether oxygens (including phenoxy) is 2. The first kappa shape index (κ1) is 21.1. The van der Waals surface area contributed by atoms with Gasteiger partial charge in [-0.25, -0.2) is 14.1 Å². The van der Waals surface area contributed by atoms with Crippen LogP contribution in [0.5, 0.6) is 0 Å². The average molecular weight is 402 g/mol. The number of piperidine rings is 1. The molecule has 1 fully saturated rings. The summed E-state index contributed by atoms with van der Waals surface area (Å²) in [7, 11) is 0. The molecule has 7 heteroatoms. The lowest BCUT2D eigenvalue weighted by Gasteiger charge is -2.33. The van der Waals surface area contributed by atoms with Crippen molar-refractivity contribution < 1.29 is 19.1 Å². The van der Waals surface area contributed by atoms with Crippen LogP contribution >= 0.6 is 0 Å². The Kier molecular flexibility index (Phi) is 6.15. The molecule has 7 nitrogen and oxygen atoms in total. The van der Waals surface area contributed by atoms with Crippen LogP contribution in [0.1, 0.15) is 62.0 Å². The van der Waals surface area contributed by atoms with E-state index in [0.29, 0.717) is 31.2 Å². The zero-order valence-electron chi connectivity index (χ0n) is 18.0. The molecule has 0 aromatic carbocycles. The van der Waals surface area contributed by atoms with E-state index >= 15 is 0 Å². The van der Waals surface area contributed by atoms with E-state index in [9.17, 15) is 9.59 Å². The highest BCUT2D eigenvalue weighted by molar-refractivity contribution is 5.97. The Hall–Kier alpha value is -2.57. The van der Waals surface area contributed by atoms with Gasteiger partial charge in [0, 0.05) is 19.3 Å². The number of esters is 1. The quantitative estimate of drug-likeness (QED) is 0.724. The van der Waals surface area contributed by atoms with Gasteiger partial charge in [-0.1, -0.05) is 0 Å². The topological polar surface area (TPSA) is 73.1 Å². The number of fused-ring (bicyclic) bond motifs is 1. The number of pyridine rings is 1. The van der Waals surface area contributed by atoms with Crippen molar-refractivity contribution in [3.05, 3.63) is 35.2 Å². The van der Waals surface area contributed by atoms with Crippen molar-refractivity contribution in [3.63, 3.8) is 0 Å². The van der Waals surface area contributed by atoms with Crippen LogP contribution in [0.3, 0.4) is 0 Å². The lowest BCUT2D eigenvalue weighted by Crippen LogP contribution is -2.42. The molecule has 3 rings (SSSR count). The number of aryl methyl sites for hydroxylation is 1. The minimum absolute atomic E-state index is 0.230. The van der Waals surface area contributed by atoms with Crippen LogP contribution < -0.4 is 0 Å². The molecule has 2 aromatic heterocycles. The number of carbonyl (C=O) groups is 2. The van der Waals surface area contributed by atoms with Crippen LogP contribution in [-0.2, 0) is 15.9 Å². The summed E-state index contributed by atoms with van der Waals surface area (Å²) in [6, 6.07) is 2.07. The van der Waals surface area contributed by atoms with Crippen LogP contribution in [0, 0.1) is 12.8 Å². The molecule has 3 heterocycles. The second kappa shape index (κ2) is 8.43. The van der Waals surface area contributed by atoms with E-state index < -0.39 is 5.60 Å². The first-order valence-corrected chi connectivity index (χ1v) is 10.3. The van der Waals surface area contributed by atoms with Gasteiger partial charge in [0.15, 0.2) is 0 Å². The number of amides is 1. The first-order valence-electron chi connectivity index (χ1n) is 10.3. The maximum Gasteiger partial charge on any atom is 0.410 e. The van der Waals surface area contributed by atoms with Crippen LogP contribution in [0.25, 0.3) is 5.52 Å². The molecule has 1 saturated heterocycles. The summed E-state index contributed by atoms with van der Waals surface area (Å²) in [4.78, 5) is 26.3. The Morgan fingerprint density at radius 2 is 1.93 bits per heavy atom. The molecular weight excluding hydrogens is 370 g/mol. The molecule has 158 valence electrons. The Balaban J connectivity index is 1.68. The summed E-state index contributed by atoms with van der Waals surface area (Å²) >= 11 is 0.